The quantitative estimate of drug-likeness (QED) is 0.893. The van der Waals surface area contributed by atoms with Gasteiger partial charge in [-0.15, -0.1) is 10.2 Å². The predicted octanol–water partition coefficient (Wildman–Crippen LogP) is 0.939. The third kappa shape index (κ3) is 2.31. The lowest BCUT2D eigenvalue weighted by molar-refractivity contribution is 0.543. The van der Waals surface area contributed by atoms with Crippen LogP contribution in [0.4, 0.5) is 10.1 Å². The topological polar surface area (TPSA) is 60.0 Å². The van der Waals surface area contributed by atoms with E-state index in [9.17, 15) is 4.39 Å². The number of nitrogens with two attached hydrogens (primary N) is 1. The van der Waals surface area contributed by atoms with Crippen molar-refractivity contribution in [3.8, 4) is 0 Å². The number of hydrogen-bond donors (Lipinski definition) is 1. The molecule has 1 aliphatic heterocycles. The predicted molar refractivity (Wildman–Crippen MR) is 70.2 cm³/mol. The van der Waals surface area contributed by atoms with E-state index in [4.69, 9.17) is 5.73 Å². The molecule has 1 aromatic carbocycles. The van der Waals surface area contributed by atoms with Crippen LogP contribution in [0.3, 0.4) is 0 Å². The van der Waals surface area contributed by atoms with Gasteiger partial charge in [-0.3, -0.25) is 0 Å². The summed E-state index contributed by atoms with van der Waals surface area (Å²) in [6.45, 7) is 2.67. The van der Waals surface area contributed by atoms with Gasteiger partial charge in [-0.25, -0.2) is 4.39 Å². The van der Waals surface area contributed by atoms with Crippen LogP contribution in [0.5, 0.6) is 0 Å². The summed E-state index contributed by atoms with van der Waals surface area (Å²) in [6, 6.07) is 5.33. The number of anilines is 1. The van der Waals surface area contributed by atoms with Crippen molar-refractivity contribution in [3.05, 3.63) is 41.7 Å². The summed E-state index contributed by atoms with van der Waals surface area (Å²) in [4.78, 5) is 1.99. The smallest absolute Gasteiger partial charge is 0.152 e. The molecule has 0 radical (unpaired) electrons. The minimum Gasteiger partial charge on any atom is -0.360 e. The van der Waals surface area contributed by atoms with Gasteiger partial charge in [0, 0.05) is 13.1 Å². The Labute approximate surface area is 110 Å². The second-order valence-electron chi connectivity index (χ2n) is 4.69. The third-order valence-electron chi connectivity index (χ3n) is 3.42. The SMILES string of the molecule is NCCc1ccc(N2CCn3cnnc3C2)c(F)c1. The van der Waals surface area contributed by atoms with Crippen LogP contribution in [-0.2, 0) is 19.5 Å². The molecule has 0 fully saturated rings. The Morgan fingerprint density at radius 1 is 1.32 bits per heavy atom. The number of aromatic nitrogens is 3. The standard InChI is InChI=1S/C13H16FN5/c14-11-7-10(3-4-15)1-2-12(11)18-5-6-19-9-16-17-13(19)8-18/h1-2,7,9H,3-6,8,15H2. The van der Waals surface area contributed by atoms with E-state index in [-0.39, 0.29) is 5.82 Å². The zero-order chi connectivity index (χ0) is 13.2. The Bertz CT molecular complexity index is 580. The summed E-state index contributed by atoms with van der Waals surface area (Å²) in [5.41, 5.74) is 7.04. The molecule has 0 aliphatic carbocycles. The Balaban J connectivity index is 1.83. The van der Waals surface area contributed by atoms with Crippen LogP contribution in [0.1, 0.15) is 11.4 Å². The molecule has 1 aliphatic rings. The lowest BCUT2D eigenvalue weighted by Gasteiger charge is -2.29. The minimum atomic E-state index is -0.195. The second kappa shape index (κ2) is 4.97. The molecule has 0 saturated carbocycles. The van der Waals surface area contributed by atoms with Crippen molar-refractivity contribution in [2.24, 2.45) is 5.73 Å². The molecule has 100 valence electrons. The molecule has 0 bridgehead atoms. The molecule has 2 N–H and O–H groups in total. The summed E-state index contributed by atoms with van der Waals surface area (Å²) in [5, 5.41) is 7.91. The molecule has 0 amide bonds. The third-order valence-corrected chi connectivity index (χ3v) is 3.42. The van der Waals surface area contributed by atoms with E-state index in [2.05, 4.69) is 10.2 Å². The Morgan fingerprint density at radius 3 is 3.00 bits per heavy atom. The van der Waals surface area contributed by atoms with Gasteiger partial charge in [-0.05, 0) is 30.7 Å². The molecule has 3 rings (SSSR count). The molecule has 19 heavy (non-hydrogen) atoms. The average Bonchev–Trinajstić information content (AvgIpc) is 2.86. The first-order valence-electron chi connectivity index (χ1n) is 6.38. The summed E-state index contributed by atoms with van der Waals surface area (Å²) >= 11 is 0. The minimum absolute atomic E-state index is 0.195. The summed E-state index contributed by atoms with van der Waals surface area (Å²) in [7, 11) is 0. The molecule has 2 aromatic rings. The summed E-state index contributed by atoms with van der Waals surface area (Å²) in [5.74, 6) is 0.676. The maximum absolute atomic E-state index is 14.1. The lowest BCUT2D eigenvalue weighted by Crippen LogP contribution is -2.34. The number of benzene rings is 1. The van der Waals surface area contributed by atoms with E-state index in [1.807, 2.05) is 21.6 Å². The molecular weight excluding hydrogens is 245 g/mol. The Kier molecular flexibility index (Phi) is 3.16. The molecular formula is C13H16FN5. The van der Waals surface area contributed by atoms with Crippen molar-refractivity contribution in [3.63, 3.8) is 0 Å². The highest BCUT2D eigenvalue weighted by Gasteiger charge is 2.20. The fraction of sp³-hybridized carbons (Fsp3) is 0.385. The van der Waals surface area contributed by atoms with Gasteiger partial charge in [0.2, 0.25) is 0 Å². The Morgan fingerprint density at radius 2 is 2.21 bits per heavy atom. The first kappa shape index (κ1) is 12.1. The molecule has 5 nitrogen and oxygen atoms in total. The van der Waals surface area contributed by atoms with Crippen molar-refractivity contribution in [1.82, 2.24) is 14.8 Å². The highest BCUT2D eigenvalue weighted by molar-refractivity contribution is 5.49. The molecule has 2 heterocycles. The van der Waals surface area contributed by atoms with E-state index in [0.29, 0.717) is 25.2 Å². The van der Waals surface area contributed by atoms with Crippen molar-refractivity contribution >= 4 is 5.69 Å². The molecule has 0 spiro atoms. The average molecular weight is 261 g/mol. The van der Waals surface area contributed by atoms with Crippen molar-refractivity contribution in [2.45, 2.75) is 19.5 Å². The number of nitrogens with zero attached hydrogens (tertiary/aromatic N) is 4. The fourth-order valence-electron chi connectivity index (χ4n) is 2.40. The van der Waals surface area contributed by atoms with Gasteiger partial charge in [0.05, 0.1) is 12.2 Å². The van der Waals surface area contributed by atoms with Gasteiger partial charge < -0.3 is 15.2 Å². The van der Waals surface area contributed by atoms with Crippen LogP contribution in [0.15, 0.2) is 24.5 Å². The van der Waals surface area contributed by atoms with Crippen molar-refractivity contribution < 1.29 is 4.39 Å². The molecule has 0 saturated heterocycles. The normalized spacial score (nSPS) is 14.5. The highest BCUT2D eigenvalue weighted by Crippen LogP contribution is 2.24. The monoisotopic (exact) mass is 261 g/mol. The van der Waals surface area contributed by atoms with E-state index < -0.39 is 0 Å². The van der Waals surface area contributed by atoms with Crippen LogP contribution in [-0.4, -0.2) is 27.9 Å². The van der Waals surface area contributed by atoms with Gasteiger partial charge in [-0.1, -0.05) is 6.07 Å². The largest absolute Gasteiger partial charge is 0.360 e. The summed E-state index contributed by atoms with van der Waals surface area (Å²) < 4.78 is 16.1. The first-order chi connectivity index (χ1) is 9.28. The number of fused-ring (bicyclic) bond motifs is 1. The zero-order valence-electron chi connectivity index (χ0n) is 10.6. The molecule has 1 aromatic heterocycles. The first-order valence-corrected chi connectivity index (χ1v) is 6.38. The van der Waals surface area contributed by atoms with Crippen LogP contribution in [0.2, 0.25) is 0 Å². The van der Waals surface area contributed by atoms with Gasteiger partial charge in [-0.2, -0.15) is 0 Å². The molecule has 0 unspecified atom stereocenters. The summed E-state index contributed by atoms with van der Waals surface area (Å²) in [6.07, 6.45) is 2.42. The number of rotatable bonds is 3. The second-order valence-corrected chi connectivity index (χ2v) is 4.69. The zero-order valence-corrected chi connectivity index (χ0v) is 10.6. The van der Waals surface area contributed by atoms with Gasteiger partial charge in [0.1, 0.15) is 12.1 Å². The van der Waals surface area contributed by atoms with Crippen LogP contribution in [0, 0.1) is 5.82 Å². The maximum atomic E-state index is 14.1. The van der Waals surface area contributed by atoms with E-state index in [1.54, 1.807) is 12.4 Å². The fourth-order valence-corrected chi connectivity index (χ4v) is 2.40. The van der Waals surface area contributed by atoms with Crippen LogP contribution in [0.25, 0.3) is 0 Å². The van der Waals surface area contributed by atoms with E-state index in [1.165, 1.54) is 0 Å². The lowest BCUT2D eigenvalue weighted by atomic mass is 10.1. The molecule has 0 atom stereocenters. The van der Waals surface area contributed by atoms with Gasteiger partial charge >= 0.3 is 0 Å². The molecule has 6 heteroatoms. The van der Waals surface area contributed by atoms with E-state index in [0.717, 1.165) is 24.5 Å². The highest BCUT2D eigenvalue weighted by atomic mass is 19.1. The number of hydrogen-bond acceptors (Lipinski definition) is 4. The van der Waals surface area contributed by atoms with Crippen molar-refractivity contribution in [1.29, 1.82) is 0 Å². The van der Waals surface area contributed by atoms with E-state index >= 15 is 0 Å². The van der Waals surface area contributed by atoms with Gasteiger partial charge in [0.15, 0.2) is 5.82 Å². The number of halogens is 1. The van der Waals surface area contributed by atoms with Gasteiger partial charge in [0.25, 0.3) is 0 Å². The van der Waals surface area contributed by atoms with Crippen molar-refractivity contribution in [2.75, 3.05) is 18.0 Å². The van der Waals surface area contributed by atoms with Crippen LogP contribution < -0.4 is 10.6 Å². The maximum Gasteiger partial charge on any atom is 0.152 e. The van der Waals surface area contributed by atoms with Crippen LogP contribution >= 0.6 is 0 Å². The Hall–Kier alpha value is -1.95.